The molecule has 0 aliphatic carbocycles. The van der Waals surface area contributed by atoms with Crippen molar-refractivity contribution in [2.24, 2.45) is 11.3 Å². The van der Waals surface area contributed by atoms with Crippen molar-refractivity contribution in [3.63, 3.8) is 0 Å². The Labute approximate surface area is 330 Å². The van der Waals surface area contributed by atoms with E-state index in [1.807, 2.05) is 75.4 Å². The third-order valence-electron chi connectivity index (χ3n) is 8.46. The number of nitrogens with zero attached hydrogens (tertiary/aromatic N) is 2. The smallest absolute Gasteiger partial charge is 0.124 e. The van der Waals surface area contributed by atoms with Crippen molar-refractivity contribution in [1.82, 2.24) is 9.97 Å². The fourth-order valence-electron chi connectivity index (χ4n) is 6.29. The number of furan rings is 1. The number of benzene rings is 4. The molecule has 7 rings (SSSR count). The summed E-state index contributed by atoms with van der Waals surface area (Å²) in [7, 11) is -1.34. The first kappa shape index (κ1) is 33.7. The average Bonchev–Trinajstić information content (AvgIpc) is 3.54. The van der Waals surface area contributed by atoms with E-state index in [1.165, 1.54) is 10.8 Å². The van der Waals surface area contributed by atoms with E-state index in [2.05, 4.69) is 73.9 Å². The largest absolute Gasteiger partial charge is 0.500 e. The molecule has 1 radical (unpaired) electrons. The quantitative estimate of drug-likeness (QED) is 0.113. The molecule has 7 aromatic rings. The normalized spacial score (nSPS) is 13.4. The van der Waals surface area contributed by atoms with Crippen molar-refractivity contribution < 1.29 is 30.0 Å². The molecule has 0 fully saturated rings. The van der Waals surface area contributed by atoms with E-state index < -0.39 is 26.2 Å². The van der Waals surface area contributed by atoms with E-state index in [4.69, 9.17) is 9.90 Å². The predicted octanol–water partition coefficient (Wildman–Crippen LogP) is 11.9. The molecule has 0 N–H and O–H groups in total. The molecule has 0 bridgehead atoms. The fourth-order valence-corrected chi connectivity index (χ4v) is 7.88. The van der Waals surface area contributed by atoms with Crippen molar-refractivity contribution >= 4 is 35.2 Å². The van der Waals surface area contributed by atoms with Crippen molar-refractivity contribution in [3.05, 3.63) is 150 Å². The van der Waals surface area contributed by atoms with Gasteiger partial charge >= 0.3 is 0 Å². The molecule has 0 aliphatic heterocycles. The second-order valence-corrected chi connectivity index (χ2v) is 20.6. The molecule has 0 amide bonds. The van der Waals surface area contributed by atoms with Gasteiger partial charge in [-0.3, -0.25) is 0 Å². The van der Waals surface area contributed by atoms with Crippen LogP contribution in [0.25, 0.3) is 44.5 Å². The summed E-state index contributed by atoms with van der Waals surface area (Å²) in [6.07, 6.45) is 1.54. The third kappa shape index (κ3) is 9.63. The van der Waals surface area contributed by atoms with E-state index >= 15 is 0 Å². The molecule has 0 atom stereocenters. The van der Waals surface area contributed by atoms with E-state index in [1.54, 1.807) is 42.6 Å². The Hall–Kier alpha value is -4.15. The van der Waals surface area contributed by atoms with Gasteiger partial charge in [0.25, 0.3) is 0 Å². The fraction of sp³-hybridized carbons (Fsp3) is 0.277. The second kappa shape index (κ2) is 16.7. The molecule has 0 saturated carbocycles. The number of hydrogen-bond acceptors (Lipinski definition) is 3. The Morgan fingerprint density at radius 2 is 1.50 bits per heavy atom. The van der Waals surface area contributed by atoms with E-state index in [0.29, 0.717) is 45.0 Å². The maximum Gasteiger partial charge on any atom is 0.124 e. The Balaban J connectivity index is 0.000000244. The number of pyridine rings is 2. The molecule has 269 valence electrons. The summed E-state index contributed by atoms with van der Waals surface area (Å²) in [6.45, 7) is 17.4. The number of fused-ring (bicyclic) bond motifs is 3. The zero-order chi connectivity index (χ0) is 39.8. The van der Waals surface area contributed by atoms with Crippen LogP contribution in [0, 0.1) is 23.5 Å². The van der Waals surface area contributed by atoms with Crippen LogP contribution in [-0.4, -0.2) is 18.0 Å². The zero-order valence-corrected chi connectivity index (χ0v) is 34.8. The minimum Gasteiger partial charge on any atom is -0.500 e. The van der Waals surface area contributed by atoms with E-state index in [9.17, 15) is 0 Å². The van der Waals surface area contributed by atoms with Crippen LogP contribution in [0.1, 0.15) is 62.4 Å². The first-order valence-corrected chi connectivity index (χ1v) is 21.2. The Morgan fingerprint density at radius 1 is 0.750 bits per heavy atom. The Morgan fingerprint density at radius 3 is 2.19 bits per heavy atom. The van der Waals surface area contributed by atoms with Crippen LogP contribution in [0.2, 0.25) is 19.6 Å². The molecule has 4 aromatic carbocycles. The molecule has 5 heteroatoms. The van der Waals surface area contributed by atoms with Gasteiger partial charge in [0, 0.05) is 49.7 Å². The summed E-state index contributed by atoms with van der Waals surface area (Å²) in [5.41, 5.74) is 6.77. The zero-order valence-electron chi connectivity index (χ0n) is 35.4. The van der Waals surface area contributed by atoms with Crippen LogP contribution in [0.3, 0.4) is 0 Å². The monoisotopic (exact) mass is 883 g/mol. The van der Waals surface area contributed by atoms with Gasteiger partial charge in [-0.1, -0.05) is 137 Å². The maximum absolute atomic E-state index is 8.88. The molecule has 0 unspecified atom stereocenters. The van der Waals surface area contributed by atoms with Crippen molar-refractivity contribution in [2.45, 2.75) is 73.4 Å². The van der Waals surface area contributed by atoms with Crippen LogP contribution in [0.4, 0.5) is 0 Å². The van der Waals surface area contributed by atoms with Gasteiger partial charge in [0.05, 0.1) is 13.7 Å². The average molecular weight is 883 g/mol. The van der Waals surface area contributed by atoms with E-state index in [-0.39, 0.29) is 20.1 Å². The van der Waals surface area contributed by atoms with Crippen LogP contribution in [0.5, 0.6) is 0 Å². The molecular formula is C47H50IrN2OSi-2. The number of para-hydroxylation sites is 1. The van der Waals surface area contributed by atoms with Crippen LogP contribution < -0.4 is 5.19 Å². The van der Waals surface area contributed by atoms with Crippen molar-refractivity contribution in [3.8, 4) is 22.5 Å². The molecule has 52 heavy (non-hydrogen) atoms. The van der Waals surface area contributed by atoms with Gasteiger partial charge in [0.2, 0.25) is 0 Å². The van der Waals surface area contributed by atoms with Gasteiger partial charge in [0.1, 0.15) is 5.58 Å². The summed E-state index contributed by atoms with van der Waals surface area (Å²) < 4.78 is 41.5. The summed E-state index contributed by atoms with van der Waals surface area (Å²) in [5, 5.41) is 3.14. The van der Waals surface area contributed by atoms with Crippen LogP contribution >= 0.6 is 0 Å². The first-order chi connectivity index (χ1) is 25.9. The number of rotatable bonds is 8. The summed E-state index contributed by atoms with van der Waals surface area (Å²) >= 11 is 0. The maximum atomic E-state index is 8.88. The molecular weight excluding hydrogens is 829 g/mol. The number of aromatic nitrogens is 2. The van der Waals surface area contributed by atoms with E-state index in [0.717, 1.165) is 28.5 Å². The molecule has 0 aliphatic rings. The van der Waals surface area contributed by atoms with Gasteiger partial charge in [-0.25, -0.2) is 0 Å². The molecule has 3 nitrogen and oxygen atoms in total. The standard InChI is InChI=1S/C29H26NO.C18H24NSi.Ir/c1-29(2,3)19-21-15-16-30-26(18-21)25-14-8-13-24-23-12-7-11-22(27(23)31-28(24)25)17-20-9-5-4-6-10-20;1-14(2)11-16-12-17(15-9-7-6-8-10-15)19-13-18(16)20(3,4)5;/h4-13,15-16,18H,17,19H2,1-3H3;6-9,12-14H,11H2,1-5H3;/q2*-1;/i17D2,19D2;;. The Kier molecular flexibility index (Phi) is 10.8. The van der Waals surface area contributed by atoms with Gasteiger partial charge in [-0.05, 0) is 57.9 Å². The Bertz CT molecular complexity index is 2420. The minimum atomic E-state index is -1.75. The van der Waals surface area contributed by atoms with Gasteiger partial charge < -0.3 is 14.4 Å². The SMILES string of the molecule is CC(C)Cc1cc(-c2[c-]cccc2)ncc1[Si](C)(C)C.[2H]C([2H])(c1ccccc1)c1cccc2c1oc1c(-c3cc(C([2H])([2H])C(C)(C)C)ccn3)[c-]ccc12.[Ir]. The van der Waals surface area contributed by atoms with Gasteiger partial charge in [-0.15, -0.1) is 54.1 Å². The number of hydrogen-bond donors (Lipinski definition) is 0. The van der Waals surface area contributed by atoms with Crippen LogP contribution in [0.15, 0.2) is 120 Å². The van der Waals surface area contributed by atoms with Crippen LogP contribution in [-0.2, 0) is 39.3 Å². The summed E-state index contributed by atoms with van der Waals surface area (Å²) in [6, 6.07) is 38.6. The molecule has 0 spiro atoms. The summed E-state index contributed by atoms with van der Waals surface area (Å²) in [4.78, 5) is 9.20. The second-order valence-electron chi connectivity index (χ2n) is 15.5. The third-order valence-corrected chi connectivity index (χ3v) is 10.5. The molecule has 3 heterocycles. The molecule has 3 aromatic heterocycles. The summed E-state index contributed by atoms with van der Waals surface area (Å²) in [5.74, 6) is 0.667. The van der Waals surface area contributed by atoms with Gasteiger partial charge in [0.15, 0.2) is 0 Å². The first-order valence-electron chi connectivity index (χ1n) is 19.7. The van der Waals surface area contributed by atoms with Crippen molar-refractivity contribution in [1.29, 1.82) is 0 Å². The predicted molar refractivity (Wildman–Crippen MR) is 218 cm³/mol. The minimum absolute atomic E-state index is 0. The van der Waals surface area contributed by atoms with Gasteiger partial charge in [-0.2, -0.15) is 0 Å². The topological polar surface area (TPSA) is 38.9 Å². The molecule has 0 saturated heterocycles. The van der Waals surface area contributed by atoms with Crippen molar-refractivity contribution in [2.75, 3.05) is 0 Å².